The van der Waals surface area contributed by atoms with Crippen molar-refractivity contribution < 1.29 is 14.3 Å². The number of anilines is 1. The molecule has 8 heteroatoms. The van der Waals surface area contributed by atoms with Gasteiger partial charge in [0.15, 0.2) is 0 Å². The molecule has 1 atom stereocenters. The molecule has 0 saturated carbocycles. The zero-order chi connectivity index (χ0) is 22.7. The number of hydrogen-bond acceptors (Lipinski definition) is 7. The maximum atomic E-state index is 13.0. The van der Waals surface area contributed by atoms with Crippen molar-refractivity contribution in [3.8, 4) is 29.1 Å². The minimum atomic E-state index is -0.691. The SMILES string of the molecule is COc1ccc(-c2ccc(C#N)c(SC3CC(=O)N(c4ccc(C#N)cc4)C3=O)n2)cc1. The minimum absolute atomic E-state index is 0.00279. The van der Waals surface area contributed by atoms with Crippen LogP contribution in [-0.2, 0) is 9.59 Å². The lowest BCUT2D eigenvalue weighted by Gasteiger charge is -2.15. The van der Waals surface area contributed by atoms with Gasteiger partial charge in [-0.1, -0.05) is 11.8 Å². The molecule has 1 aromatic heterocycles. The molecule has 156 valence electrons. The molecule has 1 aliphatic rings. The van der Waals surface area contributed by atoms with Crippen LogP contribution >= 0.6 is 11.8 Å². The fourth-order valence-corrected chi connectivity index (χ4v) is 4.42. The third-order valence-corrected chi connectivity index (χ3v) is 6.17. The van der Waals surface area contributed by atoms with Gasteiger partial charge in [-0.25, -0.2) is 9.88 Å². The Labute approximate surface area is 188 Å². The van der Waals surface area contributed by atoms with Crippen LogP contribution in [0, 0.1) is 22.7 Å². The summed E-state index contributed by atoms with van der Waals surface area (Å²) in [5.74, 6) is 0.0159. The Bertz CT molecular complexity index is 1270. The van der Waals surface area contributed by atoms with Crippen molar-refractivity contribution in [2.75, 3.05) is 12.0 Å². The van der Waals surface area contributed by atoms with Gasteiger partial charge in [0.2, 0.25) is 11.8 Å². The van der Waals surface area contributed by atoms with Gasteiger partial charge in [0.1, 0.15) is 16.8 Å². The average Bonchev–Trinajstić information content (AvgIpc) is 3.11. The molecule has 1 saturated heterocycles. The second kappa shape index (κ2) is 8.93. The Morgan fingerprint density at radius 2 is 1.72 bits per heavy atom. The monoisotopic (exact) mass is 440 g/mol. The van der Waals surface area contributed by atoms with E-state index in [2.05, 4.69) is 11.1 Å². The lowest BCUT2D eigenvalue weighted by molar-refractivity contribution is -0.121. The molecule has 1 unspecified atom stereocenters. The Balaban J connectivity index is 1.60. The second-order valence-corrected chi connectivity index (χ2v) is 8.12. The summed E-state index contributed by atoms with van der Waals surface area (Å²) in [6.07, 6.45) is 0.00279. The summed E-state index contributed by atoms with van der Waals surface area (Å²) >= 11 is 1.11. The van der Waals surface area contributed by atoms with Crippen LogP contribution < -0.4 is 9.64 Å². The van der Waals surface area contributed by atoms with Gasteiger partial charge in [-0.05, 0) is 60.7 Å². The molecule has 7 nitrogen and oxygen atoms in total. The Hall–Kier alpha value is -4.14. The maximum Gasteiger partial charge on any atom is 0.247 e. The number of ether oxygens (including phenoxy) is 1. The summed E-state index contributed by atoms with van der Waals surface area (Å²) in [6, 6.07) is 21.1. The number of carbonyl (C=O) groups is 2. The summed E-state index contributed by atoms with van der Waals surface area (Å²) in [7, 11) is 1.59. The number of hydrogen-bond donors (Lipinski definition) is 0. The van der Waals surface area contributed by atoms with Crippen molar-refractivity contribution in [1.82, 2.24) is 4.98 Å². The first-order valence-corrected chi connectivity index (χ1v) is 10.5. The molecule has 1 fully saturated rings. The van der Waals surface area contributed by atoms with E-state index in [4.69, 9.17) is 10.00 Å². The summed E-state index contributed by atoms with van der Waals surface area (Å²) < 4.78 is 5.18. The summed E-state index contributed by atoms with van der Waals surface area (Å²) in [5, 5.41) is 18.2. The number of aromatic nitrogens is 1. The van der Waals surface area contributed by atoms with Gasteiger partial charge in [-0.3, -0.25) is 9.59 Å². The van der Waals surface area contributed by atoms with Gasteiger partial charge in [0.05, 0.1) is 40.9 Å². The largest absolute Gasteiger partial charge is 0.497 e. The van der Waals surface area contributed by atoms with Crippen molar-refractivity contribution in [3.63, 3.8) is 0 Å². The maximum absolute atomic E-state index is 13.0. The van der Waals surface area contributed by atoms with Crippen molar-refractivity contribution in [3.05, 3.63) is 71.8 Å². The number of methoxy groups -OCH3 is 1. The number of imide groups is 1. The lowest BCUT2D eigenvalue weighted by Crippen LogP contribution is -2.31. The van der Waals surface area contributed by atoms with Crippen molar-refractivity contribution >= 4 is 29.3 Å². The lowest BCUT2D eigenvalue weighted by atomic mass is 10.1. The number of rotatable bonds is 5. The average molecular weight is 440 g/mol. The van der Waals surface area contributed by atoms with Gasteiger partial charge < -0.3 is 4.74 Å². The molecule has 4 rings (SSSR count). The van der Waals surface area contributed by atoms with E-state index in [1.54, 1.807) is 43.5 Å². The van der Waals surface area contributed by atoms with E-state index in [0.29, 0.717) is 27.5 Å². The zero-order valence-electron chi connectivity index (χ0n) is 17.0. The number of benzene rings is 2. The number of pyridine rings is 1. The highest BCUT2D eigenvalue weighted by Gasteiger charge is 2.40. The first kappa shape index (κ1) is 21.1. The summed E-state index contributed by atoms with van der Waals surface area (Å²) in [5.41, 5.74) is 2.68. The number of amides is 2. The normalized spacial score (nSPS) is 15.3. The van der Waals surface area contributed by atoms with E-state index in [-0.39, 0.29) is 18.2 Å². The molecule has 0 N–H and O–H groups in total. The third kappa shape index (κ3) is 4.04. The number of nitrogens with zero attached hydrogens (tertiary/aromatic N) is 4. The minimum Gasteiger partial charge on any atom is -0.497 e. The van der Waals surface area contributed by atoms with E-state index in [9.17, 15) is 14.9 Å². The van der Waals surface area contributed by atoms with E-state index in [1.807, 2.05) is 30.3 Å². The molecular weight excluding hydrogens is 424 g/mol. The van der Waals surface area contributed by atoms with Crippen LogP contribution in [0.2, 0.25) is 0 Å². The van der Waals surface area contributed by atoms with Gasteiger partial charge >= 0.3 is 0 Å². The molecule has 32 heavy (non-hydrogen) atoms. The molecule has 3 aromatic rings. The van der Waals surface area contributed by atoms with E-state index in [1.165, 1.54) is 0 Å². The Morgan fingerprint density at radius 3 is 2.34 bits per heavy atom. The molecule has 0 aliphatic carbocycles. The molecule has 0 radical (unpaired) electrons. The topological polar surface area (TPSA) is 107 Å². The smallest absolute Gasteiger partial charge is 0.247 e. The van der Waals surface area contributed by atoms with Crippen LogP contribution in [0.3, 0.4) is 0 Å². The van der Waals surface area contributed by atoms with Gasteiger partial charge in [-0.2, -0.15) is 10.5 Å². The van der Waals surface area contributed by atoms with Crippen molar-refractivity contribution in [2.24, 2.45) is 0 Å². The van der Waals surface area contributed by atoms with Gasteiger partial charge in [-0.15, -0.1) is 0 Å². The quantitative estimate of drug-likeness (QED) is 0.553. The van der Waals surface area contributed by atoms with Crippen LogP contribution in [0.25, 0.3) is 11.3 Å². The third-order valence-electron chi connectivity index (χ3n) is 4.98. The summed E-state index contributed by atoms with van der Waals surface area (Å²) in [6.45, 7) is 0. The van der Waals surface area contributed by atoms with Gasteiger partial charge in [0, 0.05) is 12.0 Å². The van der Waals surface area contributed by atoms with Crippen LogP contribution in [0.5, 0.6) is 5.75 Å². The van der Waals surface area contributed by atoms with Crippen LogP contribution in [0.15, 0.2) is 65.7 Å². The zero-order valence-corrected chi connectivity index (χ0v) is 17.8. The number of carbonyl (C=O) groups excluding carboxylic acids is 2. The predicted octanol–water partition coefficient (Wildman–Crippen LogP) is 3.92. The number of thioether (sulfide) groups is 1. The second-order valence-electron chi connectivity index (χ2n) is 6.93. The first-order valence-electron chi connectivity index (χ1n) is 9.63. The Kier molecular flexibility index (Phi) is 5.89. The van der Waals surface area contributed by atoms with Gasteiger partial charge in [0.25, 0.3) is 0 Å². The molecule has 2 aromatic carbocycles. The van der Waals surface area contributed by atoms with Crippen LogP contribution in [0.4, 0.5) is 5.69 Å². The highest BCUT2D eigenvalue weighted by atomic mass is 32.2. The van der Waals surface area contributed by atoms with E-state index >= 15 is 0 Å². The van der Waals surface area contributed by atoms with E-state index < -0.39 is 5.25 Å². The molecular formula is C24H16N4O3S. The molecule has 1 aliphatic heterocycles. The highest BCUT2D eigenvalue weighted by Crippen LogP contribution is 2.35. The number of nitriles is 2. The molecule has 0 bridgehead atoms. The summed E-state index contributed by atoms with van der Waals surface area (Å²) in [4.78, 5) is 31.3. The Morgan fingerprint density at radius 1 is 1.00 bits per heavy atom. The van der Waals surface area contributed by atoms with Crippen LogP contribution in [-0.4, -0.2) is 29.2 Å². The first-order chi connectivity index (χ1) is 15.5. The fraction of sp³-hybridized carbons (Fsp3) is 0.125. The molecule has 2 heterocycles. The van der Waals surface area contributed by atoms with Crippen LogP contribution in [0.1, 0.15) is 17.5 Å². The molecule has 0 spiro atoms. The standard InChI is InChI=1S/C24H16N4O3S/c1-31-19-9-4-16(5-10-19)20-11-6-17(14-26)23(27-20)32-21-12-22(29)28(24(21)30)18-7-2-15(13-25)3-8-18/h2-11,21H,12H2,1H3. The fourth-order valence-electron chi connectivity index (χ4n) is 3.33. The predicted molar refractivity (Wildman–Crippen MR) is 119 cm³/mol. The van der Waals surface area contributed by atoms with E-state index in [0.717, 1.165) is 28.0 Å². The van der Waals surface area contributed by atoms with Crippen molar-refractivity contribution in [1.29, 1.82) is 10.5 Å². The highest BCUT2D eigenvalue weighted by molar-refractivity contribution is 8.00. The van der Waals surface area contributed by atoms with Crippen molar-refractivity contribution in [2.45, 2.75) is 16.7 Å². The molecule has 2 amide bonds.